The molecule has 0 spiro atoms. The molecule has 6 heterocycles. The molecule has 0 N–H and O–H groups in total. The van der Waals surface area contributed by atoms with Crippen molar-refractivity contribution in [3.05, 3.63) is 40.5 Å². The second-order valence-corrected chi connectivity index (χ2v) is 16.2. The van der Waals surface area contributed by atoms with Gasteiger partial charge in [-0.2, -0.15) is 0 Å². The Labute approximate surface area is 245 Å². The van der Waals surface area contributed by atoms with Crippen LogP contribution in [0.25, 0.3) is 0 Å². The minimum absolute atomic E-state index is 0.556. The van der Waals surface area contributed by atoms with Gasteiger partial charge in [0.2, 0.25) is 6.71 Å². The Morgan fingerprint density at radius 1 is 0.575 bits per heavy atom. The molecule has 40 heavy (non-hydrogen) atoms. The van der Waals surface area contributed by atoms with Crippen LogP contribution in [0.3, 0.4) is 0 Å². The summed E-state index contributed by atoms with van der Waals surface area (Å²) in [5.41, 5.74) is 15.5. The molecule has 0 aromatic heterocycles. The summed E-state index contributed by atoms with van der Waals surface area (Å²) in [5.74, 6) is 6.24. The molecule has 0 amide bonds. The van der Waals surface area contributed by atoms with Gasteiger partial charge >= 0.3 is 0 Å². The average Bonchev–Trinajstić information content (AvgIpc) is 2.91. The van der Waals surface area contributed by atoms with E-state index in [1.54, 1.807) is 49.8 Å². The van der Waals surface area contributed by atoms with Crippen molar-refractivity contribution in [3.8, 4) is 0 Å². The van der Waals surface area contributed by atoms with Crippen molar-refractivity contribution in [2.24, 2.45) is 17.8 Å². The van der Waals surface area contributed by atoms with Crippen LogP contribution in [-0.2, 0) is 19.3 Å². The van der Waals surface area contributed by atoms with Gasteiger partial charge in [-0.3, -0.25) is 0 Å². The third kappa shape index (κ3) is 3.21. The molecular weight excluding hydrogens is 479 g/mol. The Balaban J connectivity index is 1.35. The fraction of sp³-hybridized carbons (Fsp3) is 0.667. The topological polar surface area (TPSA) is 3.24 Å². The van der Waals surface area contributed by atoms with E-state index >= 15 is 0 Å². The highest BCUT2D eigenvalue weighted by molar-refractivity contribution is 6.91. The Kier molecular flexibility index (Phi) is 5.70. The minimum atomic E-state index is 0.556. The van der Waals surface area contributed by atoms with E-state index in [9.17, 15) is 0 Å². The number of rotatable bonds is 0. The summed E-state index contributed by atoms with van der Waals surface area (Å²) in [6, 6.07) is 9.47. The predicted octanol–water partition coefficient (Wildman–Crippen LogP) is 5.96. The molecule has 208 valence electrons. The number of hydrogen-bond acceptors (Lipinski definition) is 1. The SMILES string of the molecule is C[C@@H]1Cc2cc3c4c5c2B([C@@H](C)[C@@H](C)N5[C@@H](C)[C@@H](C)B4c2cc4c(cc2C3)C[C@H](C)C2CC[C@H](C)[C@H](C)B42)[C@@H]1C. The van der Waals surface area contributed by atoms with E-state index in [0.717, 1.165) is 48.3 Å². The minimum Gasteiger partial charge on any atom is -0.368 e. The first kappa shape index (κ1) is 26.1. The first-order chi connectivity index (χ1) is 19.1. The van der Waals surface area contributed by atoms with Crippen molar-refractivity contribution in [3.63, 3.8) is 0 Å². The fourth-order valence-electron chi connectivity index (χ4n) is 11.7. The maximum atomic E-state index is 2.94. The van der Waals surface area contributed by atoms with E-state index < -0.39 is 0 Å². The summed E-state index contributed by atoms with van der Waals surface area (Å²) in [6.45, 7) is 25.1. The molecule has 8 rings (SSSR count). The number of anilines is 1. The molecule has 1 unspecified atom stereocenters. The number of benzene rings is 2. The monoisotopic (exact) mass is 529 g/mol. The number of hydrogen-bond donors (Lipinski definition) is 0. The van der Waals surface area contributed by atoms with Crippen LogP contribution in [-0.4, -0.2) is 32.2 Å². The van der Waals surface area contributed by atoms with Gasteiger partial charge in [-0.25, -0.2) is 0 Å². The van der Waals surface area contributed by atoms with Crippen molar-refractivity contribution < 1.29 is 0 Å². The molecule has 2 aromatic rings. The highest BCUT2D eigenvalue weighted by Crippen LogP contribution is 2.49. The van der Waals surface area contributed by atoms with E-state index in [1.807, 2.05) is 0 Å². The summed E-state index contributed by atoms with van der Waals surface area (Å²) in [5, 5.41) is 0. The lowest BCUT2D eigenvalue weighted by atomic mass is 9.20. The first-order valence-electron chi connectivity index (χ1n) is 17.2. The van der Waals surface area contributed by atoms with Crippen LogP contribution in [0.15, 0.2) is 18.2 Å². The fourth-order valence-corrected chi connectivity index (χ4v) is 11.7. The molecule has 4 heteroatoms. The standard InChI is InChI=1S/C36H50B3N/c1-18-10-11-31-20(3)13-27-14-28-15-30-16-29-12-19(2)22(5)37-23(6)25(8)40-26(9)24(7)39(35(30)36(40)34(29)37)33(28)17-32(27)38(31)21(18)4/h14,16-26,31H,10-13,15H2,1-9H3/t18-,19+,20-,21-,22+,23-,24+,25+,26-,31?/m0/s1. The lowest BCUT2D eigenvalue weighted by Crippen LogP contribution is -2.70. The highest BCUT2D eigenvalue weighted by atomic mass is 15.2. The van der Waals surface area contributed by atoms with Crippen molar-refractivity contribution in [1.29, 1.82) is 0 Å². The zero-order valence-corrected chi connectivity index (χ0v) is 26.7. The van der Waals surface area contributed by atoms with Crippen molar-refractivity contribution in [2.75, 3.05) is 4.90 Å². The molecule has 6 aliphatic heterocycles. The van der Waals surface area contributed by atoms with Gasteiger partial charge in [0.1, 0.15) is 0 Å². The van der Waals surface area contributed by atoms with Crippen LogP contribution in [0.2, 0.25) is 29.1 Å². The van der Waals surface area contributed by atoms with E-state index in [4.69, 9.17) is 0 Å². The number of nitrogens with zero attached hydrogens (tertiary/aromatic N) is 1. The van der Waals surface area contributed by atoms with E-state index in [2.05, 4.69) is 85.4 Å². The van der Waals surface area contributed by atoms with Crippen LogP contribution in [0, 0.1) is 17.8 Å². The lowest BCUT2D eigenvalue weighted by molar-refractivity contribution is 0.382. The molecule has 0 bridgehead atoms. The average molecular weight is 529 g/mol. The maximum absolute atomic E-state index is 2.94. The van der Waals surface area contributed by atoms with Gasteiger partial charge in [-0.15, -0.1) is 0 Å². The van der Waals surface area contributed by atoms with Gasteiger partial charge in [0, 0.05) is 17.8 Å². The molecule has 1 saturated heterocycles. The molecule has 0 radical (unpaired) electrons. The zero-order valence-electron chi connectivity index (χ0n) is 26.7. The van der Waals surface area contributed by atoms with Gasteiger partial charge in [-0.05, 0) is 79.1 Å². The van der Waals surface area contributed by atoms with Crippen LogP contribution >= 0.6 is 0 Å². The number of fused-ring (bicyclic) bond motifs is 5. The molecule has 6 aliphatic rings. The molecule has 0 saturated carbocycles. The van der Waals surface area contributed by atoms with Crippen molar-refractivity contribution >= 4 is 47.7 Å². The normalized spacial score (nSPS) is 38.9. The van der Waals surface area contributed by atoms with Crippen LogP contribution in [0.4, 0.5) is 5.69 Å². The van der Waals surface area contributed by atoms with Gasteiger partial charge in [-0.1, -0.05) is 124 Å². The highest BCUT2D eigenvalue weighted by Gasteiger charge is 2.54. The summed E-state index contributed by atoms with van der Waals surface area (Å²) in [4.78, 5) is 2.94. The Hall–Kier alpha value is -1.57. The van der Waals surface area contributed by atoms with Gasteiger partial charge in [0.15, 0.2) is 13.4 Å². The van der Waals surface area contributed by atoms with Crippen LogP contribution in [0.5, 0.6) is 0 Å². The van der Waals surface area contributed by atoms with E-state index in [0.29, 0.717) is 37.1 Å². The predicted molar refractivity (Wildman–Crippen MR) is 178 cm³/mol. The van der Waals surface area contributed by atoms with E-state index in [1.165, 1.54) is 25.7 Å². The summed E-state index contributed by atoms with van der Waals surface area (Å²) in [6.07, 6.45) is 6.58. The lowest BCUT2D eigenvalue weighted by Gasteiger charge is -2.58. The van der Waals surface area contributed by atoms with E-state index in [-0.39, 0.29) is 0 Å². The molecule has 1 fully saturated rings. The molecule has 10 atom stereocenters. The molecule has 0 aliphatic carbocycles. The van der Waals surface area contributed by atoms with Gasteiger partial charge in [0.25, 0.3) is 0 Å². The third-order valence-electron chi connectivity index (χ3n) is 14.6. The Morgan fingerprint density at radius 3 is 2.02 bits per heavy atom. The molecule has 2 aromatic carbocycles. The second-order valence-electron chi connectivity index (χ2n) is 16.2. The smallest absolute Gasteiger partial charge is 0.217 e. The Bertz CT molecular complexity index is 1400. The third-order valence-corrected chi connectivity index (χ3v) is 14.6. The first-order valence-corrected chi connectivity index (χ1v) is 17.2. The summed E-state index contributed by atoms with van der Waals surface area (Å²) in [7, 11) is 0. The van der Waals surface area contributed by atoms with Crippen molar-refractivity contribution in [1.82, 2.24) is 0 Å². The molecular formula is C36H50B3N. The molecule has 1 nitrogen and oxygen atoms in total. The van der Waals surface area contributed by atoms with Crippen molar-refractivity contribution in [2.45, 2.75) is 136 Å². The largest absolute Gasteiger partial charge is 0.368 e. The van der Waals surface area contributed by atoms with Crippen LogP contribution < -0.4 is 26.8 Å². The maximum Gasteiger partial charge on any atom is 0.217 e. The second kappa shape index (κ2) is 8.73. The summed E-state index contributed by atoms with van der Waals surface area (Å²) >= 11 is 0. The van der Waals surface area contributed by atoms with Gasteiger partial charge < -0.3 is 4.90 Å². The zero-order chi connectivity index (χ0) is 27.9. The quantitative estimate of drug-likeness (QED) is 0.381. The summed E-state index contributed by atoms with van der Waals surface area (Å²) < 4.78 is 0. The van der Waals surface area contributed by atoms with Crippen LogP contribution in [0.1, 0.15) is 97.4 Å². The van der Waals surface area contributed by atoms with Gasteiger partial charge in [0.05, 0.1) is 0 Å². The Morgan fingerprint density at radius 2 is 1.25 bits per heavy atom.